The van der Waals surface area contributed by atoms with E-state index in [1.807, 2.05) is 40.2 Å². The largest absolute Gasteiger partial charge is 0.367 e. The molecule has 1 fully saturated rings. The minimum atomic E-state index is -0.563. The van der Waals surface area contributed by atoms with Crippen molar-refractivity contribution in [3.8, 4) is 0 Å². The number of benzene rings is 2. The Bertz CT molecular complexity index is 1030. The van der Waals surface area contributed by atoms with Gasteiger partial charge in [-0.25, -0.2) is 8.78 Å². The number of aromatic nitrogens is 2. The van der Waals surface area contributed by atoms with Gasteiger partial charge in [0, 0.05) is 50.6 Å². The molecule has 3 aromatic rings. The Morgan fingerprint density at radius 1 is 1.16 bits per heavy atom. The molecule has 2 aromatic carbocycles. The van der Waals surface area contributed by atoms with Gasteiger partial charge in [0.25, 0.3) is 0 Å². The number of nitrogens with zero attached hydrogens (tertiary/aromatic N) is 4. The molecule has 0 amide bonds. The number of guanidine groups is 1. The second-order valence-corrected chi connectivity index (χ2v) is 7.63. The van der Waals surface area contributed by atoms with Crippen LogP contribution < -0.4 is 15.5 Å². The third-order valence-corrected chi connectivity index (χ3v) is 5.34. The lowest BCUT2D eigenvalue weighted by atomic mass is 10.2. The smallest absolute Gasteiger partial charge is 0.191 e. The van der Waals surface area contributed by atoms with Gasteiger partial charge in [-0.1, -0.05) is 30.3 Å². The summed E-state index contributed by atoms with van der Waals surface area (Å²) in [4.78, 5) is 6.22. The zero-order valence-corrected chi connectivity index (χ0v) is 17.4. The molecule has 1 aromatic heterocycles. The molecule has 31 heavy (non-hydrogen) atoms. The van der Waals surface area contributed by atoms with E-state index in [0.29, 0.717) is 31.3 Å². The van der Waals surface area contributed by atoms with Crippen LogP contribution in [-0.4, -0.2) is 41.9 Å². The van der Waals surface area contributed by atoms with Crippen LogP contribution in [0.15, 0.2) is 65.9 Å². The van der Waals surface area contributed by atoms with E-state index in [1.165, 1.54) is 17.7 Å². The van der Waals surface area contributed by atoms with Gasteiger partial charge in [-0.2, -0.15) is 5.10 Å². The lowest BCUT2D eigenvalue weighted by Gasteiger charge is -2.20. The van der Waals surface area contributed by atoms with E-state index < -0.39 is 11.6 Å². The Morgan fingerprint density at radius 3 is 2.77 bits per heavy atom. The first-order valence-corrected chi connectivity index (χ1v) is 10.3. The number of aliphatic imine (C=N–C) groups is 1. The predicted octanol–water partition coefficient (Wildman–Crippen LogP) is 3.15. The van der Waals surface area contributed by atoms with Crippen LogP contribution in [0.4, 0.5) is 14.5 Å². The molecule has 0 saturated carbocycles. The lowest BCUT2D eigenvalue weighted by Crippen LogP contribution is -2.44. The van der Waals surface area contributed by atoms with Crippen LogP contribution in [0.5, 0.6) is 0 Å². The Balaban J connectivity index is 1.28. The molecule has 0 radical (unpaired) electrons. The van der Waals surface area contributed by atoms with Crippen molar-refractivity contribution in [2.24, 2.45) is 4.99 Å². The maximum absolute atomic E-state index is 14.1. The van der Waals surface area contributed by atoms with Crippen LogP contribution in [0.1, 0.15) is 17.5 Å². The first-order valence-electron chi connectivity index (χ1n) is 10.3. The molecular formula is C23H26F2N6. The van der Waals surface area contributed by atoms with E-state index in [9.17, 15) is 8.78 Å². The molecule has 4 rings (SSSR count). The van der Waals surface area contributed by atoms with Crippen LogP contribution in [0.2, 0.25) is 0 Å². The van der Waals surface area contributed by atoms with E-state index in [4.69, 9.17) is 0 Å². The topological polar surface area (TPSA) is 57.5 Å². The number of rotatable bonds is 6. The fourth-order valence-corrected chi connectivity index (χ4v) is 3.76. The third kappa shape index (κ3) is 5.39. The number of halogens is 2. The van der Waals surface area contributed by atoms with Crippen LogP contribution in [0.25, 0.3) is 0 Å². The monoisotopic (exact) mass is 424 g/mol. The van der Waals surface area contributed by atoms with Crippen molar-refractivity contribution in [3.63, 3.8) is 0 Å². The molecular weight excluding hydrogens is 398 g/mol. The van der Waals surface area contributed by atoms with Crippen LogP contribution in [0.3, 0.4) is 0 Å². The molecule has 1 aliphatic heterocycles. The third-order valence-electron chi connectivity index (χ3n) is 5.34. The van der Waals surface area contributed by atoms with Crippen molar-refractivity contribution in [1.29, 1.82) is 0 Å². The van der Waals surface area contributed by atoms with Gasteiger partial charge in [0.05, 0.1) is 18.4 Å². The van der Waals surface area contributed by atoms with Crippen LogP contribution in [0, 0.1) is 11.6 Å². The normalized spacial score (nSPS) is 16.5. The molecule has 1 unspecified atom stereocenters. The maximum Gasteiger partial charge on any atom is 0.191 e. The Morgan fingerprint density at radius 2 is 2.00 bits per heavy atom. The number of anilines is 1. The molecule has 1 saturated heterocycles. The Hall–Kier alpha value is -3.42. The molecule has 6 nitrogen and oxygen atoms in total. The standard InChI is InChI=1S/C23H26F2N6/c1-26-23(27-12-18-13-28-31(15-18)14-17-5-3-2-4-6-17)29-20-9-10-30(16-20)22-8-7-19(24)11-21(22)25/h2-8,11,13,15,20H,9-10,12,14,16H2,1H3,(H2,26,27,29). The number of nitrogens with one attached hydrogen (secondary N) is 2. The molecule has 1 aliphatic rings. The van der Waals surface area contributed by atoms with Gasteiger partial charge >= 0.3 is 0 Å². The first kappa shape index (κ1) is 20.8. The molecule has 162 valence electrons. The first-order chi connectivity index (χ1) is 15.1. The van der Waals surface area contributed by atoms with E-state index in [2.05, 4.69) is 32.9 Å². The van der Waals surface area contributed by atoms with Crippen molar-refractivity contribution >= 4 is 11.6 Å². The van der Waals surface area contributed by atoms with Crippen molar-refractivity contribution in [3.05, 3.63) is 83.7 Å². The van der Waals surface area contributed by atoms with Gasteiger partial charge in [0.15, 0.2) is 5.96 Å². The average molecular weight is 424 g/mol. The van der Waals surface area contributed by atoms with Gasteiger partial charge in [-0.3, -0.25) is 9.67 Å². The van der Waals surface area contributed by atoms with Crippen molar-refractivity contribution in [2.75, 3.05) is 25.0 Å². The van der Waals surface area contributed by atoms with Crippen molar-refractivity contribution in [1.82, 2.24) is 20.4 Å². The van der Waals surface area contributed by atoms with Gasteiger partial charge < -0.3 is 15.5 Å². The highest BCUT2D eigenvalue weighted by molar-refractivity contribution is 5.80. The molecule has 0 spiro atoms. The van der Waals surface area contributed by atoms with E-state index in [1.54, 1.807) is 7.05 Å². The zero-order chi connectivity index (χ0) is 21.6. The zero-order valence-electron chi connectivity index (χ0n) is 17.4. The molecule has 1 atom stereocenters. The fraction of sp³-hybridized carbons (Fsp3) is 0.304. The molecule has 0 bridgehead atoms. The summed E-state index contributed by atoms with van der Waals surface area (Å²) < 4.78 is 29.1. The highest BCUT2D eigenvalue weighted by Crippen LogP contribution is 2.24. The molecule has 2 N–H and O–H groups in total. The Labute approximate surface area is 180 Å². The van der Waals surface area contributed by atoms with E-state index in [0.717, 1.165) is 24.6 Å². The lowest BCUT2D eigenvalue weighted by molar-refractivity contribution is 0.580. The second kappa shape index (κ2) is 9.59. The average Bonchev–Trinajstić information content (AvgIpc) is 3.41. The summed E-state index contributed by atoms with van der Waals surface area (Å²) in [7, 11) is 1.72. The molecule has 2 heterocycles. The Kier molecular flexibility index (Phi) is 6.45. The fourth-order valence-electron chi connectivity index (χ4n) is 3.76. The minimum absolute atomic E-state index is 0.122. The predicted molar refractivity (Wildman–Crippen MR) is 118 cm³/mol. The van der Waals surface area contributed by atoms with Gasteiger partial charge in [0.1, 0.15) is 11.6 Å². The summed E-state index contributed by atoms with van der Waals surface area (Å²) in [5.41, 5.74) is 2.69. The minimum Gasteiger partial charge on any atom is -0.367 e. The van der Waals surface area contributed by atoms with Gasteiger partial charge in [-0.15, -0.1) is 0 Å². The summed E-state index contributed by atoms with van der Waals surface area (Å²) in [6.45, 7) is 2.64. The van der Waals surface area contributed by atoms with Gasteiger partial charge in [0.2, 0.25) is 0 Å². The summed E-state index contributed by atoms with van der Waals surface area (Å²) in [5.74, 6) is -0.412. The van der Waals surface area contributed by atoms with Crippen molar-refractivity contribution in [2.45, 2.75) is 25.6 Å². The van der Waals surface area contributed by atoms with Crippen LogP contribution in [-0.2, 0) is 13.1 Å². The van der Waals surface area contributed by atoms with Crippen LogP contribution >= 0.6 is 0 Å². The summed E-state index contributed by atoms with van der Waals surface area (Å²) in [6.07, 6.45) is 4.70. The van der Waals surface area contributed by atoms with Gasteiger partial charge in [-0.05, 0) is 24.1 Å². The molecule has 8 heteroatoms. The second-order valence-electron chi connectivity index (χ2n) is 7.63. The van der Waals surface area contributed by atoms with Crippen molar-refractivity contribution < 1.29 is 8.78 Å². The summed E-state index contributed by atoms with van der Waals surface area (Å²) in [5, 5.41) is 11.1. The number of hydrogen-bond acceptors (Lipinski definition) is 3. The SMILES string of the molecule is CN=C(NCc1cnn(Cc2ccccc2)c1)NC1CCN(c2ccc(F)cc2F)C1. The maximum atomic E-state index is 14.1. The molecule has 0 aliphatic carbocycles. The highest BCUT2D eigenvalue weighted by atomic mass is 19.1. The number of hydrogen-bond donors (Lipinski definition) is 2. The highest BCUT2D eigenvalue weighted by Gasteiger charge is 2.25. The summed E-state index contributed by atoms with van der Waals surface area (Å²) in [6, 6.07) is 14.0. The van der Waals surface area contributed by atoms with E-state index >= 15 is 0 Å². The quantitative estimate of drug-likeness (QED) is 0.472. The summed E-state index contributed by atoms with van der Waals surface area (Å²) >= 11 is 0. The van der Waals surface area contributed by atoms with E-state index in [-0.39, 0.29) is 6.04 Å².